The van der Waals surface area contributed by atoms with Crippen molar-refractivity contribution in [3.63, 3.8) is 0 Å². The average molecular weight is 273 g/mol. The van der Waals surface area contributed by atoms with Crippen LogP contribution in [-0.4, -0.2) is 41.9 Å². The summed E-state index contributed by atoms with van der Waals surface area (Å²) in [5.74, 6) is -3.33. The summed E-state index contributed by atoms with van der Waals surface area (Å²) in [6, 6.07) is -1.11. The molecule has 0 radical (unpaired) electrons. The number of methoxy groups -OCH3 is 1. The molecule has 7 heteroatoms. The number of Topliss-reactive ketones (excluding diaryl/α,β-unsaturated/α-hetero) is 1. The zero-order chi connectivity index (χ0) is 15.0. The fourth-order valence-corrected chi connectivity index (χ4v) is 1.44. The van der Waals surface area contributed by atoms with Crippen LogP contribution < -0.4 is 5.32 Å². The van der Waals surface area contributed by atoms with Gasteiger partial charge in [0.05, 0.1) is 25.5 Å². The van der Waals surface area contributed by atoms with Gasteiger partial charge in [0.15, 0.2) is 5.78 Å². The number of esters is 1. The number of rotatable bonds is 8. The Kier molecular flexibility index (Phi) is 7.40. The second-order valence-electron chi connectivity index (χ2n) is 4.17. The van der Waals surface area contributed by atoms with Crippen LogP contribution in [0.3, 0.4) is 0 Å². The van der Waals surface area contributed by atoms with Crippen LogP contribution >= 0.6 is 0 Å². The molecule has 0 unspecified atom stereocenters. The van der Waals surface area contributed by atoms with Crippen molar-refractivity contribution in [2.45, 2.75) is 39.2 Å². The number of carbonyl (C=O) groups excluding carboxylic acids is 3. The molecule has 0 spiro atoms. The normalized spacial score (nSPS) is 13.2. The highest BCUT2D eigenvalue weighted by atomic mass is 16.5. The van der Waals surface area contributed by atoms with E-state index in [-0.39, 0.29) is 12.8 Å². The van der Waals surface area contributed by atoms with Gasteiger partial charge in [0, 0.05) is 12.8 Å². The van der Waals surface area contributed by atoms with Crippen LogP contribution in [0.25, 0.3) is 0 Å². The highest BCUT2D eigenvalue weighted by Gasteiger charge is 2.26. The summed E-state index contributed by atoms with van der Waals surface area (Å²) < 4.78 is 4.48. The maximum atomic E-state index is 11.9. The first-order valence-electron chi connectivity index (χ1n) is 5.93. The first-order valence-corrected chi connectivity index (χ1v) is 5.93. The van der Waals surface area contributed by atoms with Gasteiger partial charge in [-0.2, -0.15) is 0 Å². The Balaban J connectivity index is 4.66. The Morgan fingerprint density at radius 1 is 1.21 bits per heavy atom. The van der Waals surface area contributed by atoms with Crippen LogP contribution in [0.2, 0.25) is 0 Å². The zero-order valence-corrected chi connectivity index (χ0v) is 11.3. The fourth-order valence-electron chi connectivity index (χ4n) is 1.44. The first kappa shape index (κ1) is 17.1. The summed E-state index contributed by atoms with van der Waals surface area (Å²) in [6.07, 6.45) is -0.525. The van der Waals surface area contributed by atoms with Gasteiger partial charge in [0.2, 0.25) is 5.91 Å². The van der Waals surface area contributed by atoms with Crippen molar-refractivity contribution in [2.75, 3.05) is 7.11 Å². The largest absolute Gasteiger partial charge is 0.481 e. The number of carboxylic acid groups (broad SMARTS) is 1. The lowest BCUT2D eigenvalue weighted by atomic mass is 9.98. The molecule has 1 amide bonds. The molecule has 19 heavy (non-hydrogen) atoms. The number of aliphatic carboxylic acids is 1. The highest BCUT2D eigenvalue weighted by Crippen LogP contribution is 2.09. The minimum atomic E-state index is -1.19. The van der Waals surface area contributed by atoms with Crippen molar-refractivity contribution in [1.82, 2.24) is 5.32 Å². The fraction of sp³-hybridized carbons (Fsp3) is 0.667. The molecule has 0 aromatic carbocycles. The maximum absolute atomic E-state index is 11.9. The van der Waals surface area contributed by atoms with E-state index < -0.39 is 42.0 Å². The van der Waals surface area contributed by atoms with Crippen molar-refractivity contribution in [3.05, 3.63) is 0 Å². The van der Waals surface area contributed by atoms with Crippen molar-refractivity contribution in [2.24, 2.45) is 5.92 Å². The molecule has 0 aromatic rings. The highest BCUT2D eigenvalue weighted by molar-refractivity contribution is 5.93. The number of ketones is 1. The van der Waals surface area contributed by atoms with Gasteiger partial charge in [-0.25, -0.2) is 0 Å². The van der Waals surface area contributed by atoms with Gasteiger partial charge < -0.3 is 15.2 Å². The number of amides is 1. The van der Waals surface area contributed by atoms with E-state index >= 15 is 0 Å². The molecular weight excluding hydrogens is 254 g/mol. The van der Waals surface area contributed by atoms with Crippen molar-refractivity contribution >= 4 is 23.6 Å². The molecule has 7 nitrogen and oxygen atoms in total. The Hall–Kier alpha value is -1.92. The topological polar surface area (TPSA) is 110 Å². The lowest BCUT2D eigenvalue weighted by Gasteiger charge is -2.17. The molecule has 0 rings (SSSR count). The molecule has 0 aliphatic rings. The van der Waals surface area contributed by atoms with E-state index in [1.807, 2.05) is 0 Å². The zero-order valence-electron chi connectivity index (χ0n) is 11.3. The molecule has 0 heterocycles. The summed E-state index contributed by atoms with van der Waals surface area (Å²) >= 11 is 0. The molecule has 2 atom stereocenters. The number of ether oxygens (including phenoxy) is 1. The maximum Gasteiger partial charge on any atom is 0.308 e. The van der Waals surface area contributed by atoms with Crippen LogP contribution in [0.4, 0.5) is 0 Å². The Morgan fingerprint density at radius 2 is 1.79 bits per heavy atom. The number of hydrogen-bond donors (Lipinski definition) is 2. The van der Waals surface area contributed by atoms with Crippen molar-refractivity contribution in [1.29, 1.82) is 0 Å². The van der Waals surface area contributed by atoms with Gasteiger partial charge in [-0.1, -0.05) is 13.8 Å². The van der Waals surface area contributed by atoms with Crippen LogP contribution in [0.1, 0.15) is 33.1 Å². The minimum Gasteiger partial charge on any atom is -0.481 e. The number of carboxylic acids is 1. The number of nitrogens with one attached hydrogen (secondary N) is 1. The monoisotopic (exact) mass is 273 g/mol. The summed E-state index contributed by atoms with van der Waals surface area (Å²) in [5, 5.41) is 11.1. The van der Waals surface area contributed by atoms with Crippen LogP contribution in [0.5, 0.6) is 0 Å². The van der Waals surface area contributed by atoms with E-state index in [1.54, 1.807) is 6.92 Å². The van der Waals surface area contributed by atoms with E-state index in [0.29, 0.717) is 0 Å². The number of carbonyl (C=O) groups is 4. The van der Waals surface area contributed by atoms with Crippen LogP contribution in [0, 0.1) is 5.92 Å². The summed E-state index contributed by atoms with van der Waals surface area (Å²) in [6.45, 7) is 3.10. The predicted molar refractivity (Wildman–Crippen MR) is 65.3 cm³/mol. The molecule has 2 N–H and O–H groups in total. The molecule has 0 aromatic heterocycles. The molecule has 0 fully saturated rings. The quantitative estimate of drug-likeness (QED) is 0.608. The lowest BCUT2D eigenvalue weighted by Crippen LogP contribution is -2.43. The van der Waals surface area contributed by atoms with Crippen molar-refractivity contribution in [3.8, 4) is 0 Å². The summed E-state index contributed by atoms with van der Waals surface area (Å²) in [5.41, 5.74) is 0. The molecular formula is C12H19NO6. The third kappa shape index (κ3) is 6.54. The molecule has 108 valence electrons. The van der Waals surface area contributed by atoms with Crippen LogP contribution in [0.15, 0.2) is 0 Å². The second-order valence-corrected chi connectivity index (χ2v) is 4.17. The van der Waals surface area contributed by atoms with Gasteiger partial charge in [-0.05, 0) is 0 Å². The molecule has 0 saturated heterocycles. The summed E-state index contributed by atoms with van der Waals surface area (Å²) in [7, 11) is 1.21. The van der Waals surface area contributed by atoms with Crippen LogP contribution in [-0.2, 0) is 23.9 Å². The standard InChI is InChI=1S/C12H19NO6/c1-4-10(15)13-8(6-11(16)17)9(14)5-7(2)12(18)19-3/h7-8H,4-6H2,1-3H3,(H,13,15)(H,16,17)/t7-,8-/m1/s1. The Bertz CT molecular complexity index is 365. The predicted octanol–water partition coefficient (Wildman–Crippen LogP) is 0.124. The Labute approximate surface area is 111 Å². The Morgan fingerprint density at radius 3 is 2.21 bits per heavy atom. The van der Waals surface area contributed by atoms with Crippen molar-refractivity contribution < 1.29 is 29.0 Å². The first-order chi connectivity index (χ1) is 8.81. The van der Waals surface area contributed by atoms with Gasteiger partial charge in [-0.3, -0.25) is 19.2 Å². The van der Waals surface area contributed by atoms with E-state index in [2.05, 4.69) is 10.1 Å². The third-order valence-electron chi connectivity index (χ3n) is 2.53. The minimum absolute atomic E-state index is 0.149. The third-order valence-corrected chi connectivity index (χ3v) is 2.53. The lowest BCUT2D eigenvalue weighted by molar-refractivity contribution is -0.146. The molecule has 0 saturated carbocycles. The van der Waals surface area contributed by atoms with Gasteiger partial charge in [0.25, 0.3) is 0 Å². The van der Waals surface area contributed by atoms with E-state index in [0.717, 1.165) is 0 Å². The molecule has 0 aliphatic heterocycles. The second kappa shape index (κ2) is 8.23. The van der Waals surface area contributed by atoms with E-state index in [4.69, 9.17) is 5.11 Å². The average Bonchev–Trinajstić information content (AvgIpc) is 2.35. The van der Waals surface area contributed by atoms with E-state index in [1.165, 1.54) is 14.0 Å². The SMILES string of the molecule is CCC(=O)N[C@H](CC(=O)O)C(=O)C[C@@H](C)C(=O)OC. The molecule has 0 bridgehead atoms. The summed E-state index contributed by atoms with van der Waals surface area (Å²) in [4.78, 5) is 45.0. The van der Waals surface area contributed by atoms with Gasteiger partial charge >= 0.3 is 11.9 Å². The number of hydrogen-bond acceptors (Lipinski definition) is 5. The van der Waals surface area contributed by atoms with E-state index in [9.17, 15) is 19.2 Å². The van der Waals surface area contributed by atoms with Gasteiger partial charge in [-0.15, -0.1) is 0 Å². The molecule has 0 aliphatic carbocycles. The van der Waals surface area contributed by atoms with Gasteiger partial charge in [0.1, 0.15) is 0 Å². The smallest absolute Gasteiger partial charge is 0.308 e.